The van der Waals surface area contributed by atoms with Crippen LogP contribution in [0.25, 0.3) is 0 Å². The van der Waals surface area contributed by atoms with Gasteiger partial charge in [0.05, 0.1) is 12.7 Å². The van der Waals surface area contributed by atoms with Crippen molar-refractivity contribution in [3.8, 4) is 5.75 Å². The second-order valence-corrected chi connectivity index (χ2v) is 4.71. The number of aliphatic hydroxyl groups is 1. The van der Waals surface area contributed by atoms with Crippen LogP contribution in [0.4, 0.5) is 0 Å². The number of aliphatic hydroxyl groups excluding tert-OH is 1. The molecule has 0 heterocycles. The average Bonchev–Trinajstić information content (AvgIpc) is 2.34. The van der Waals surface area contributed by atoms with Gasteiger partial charge < -0.3 is 20.3 Å². The second kappa shape index (κ2) is 7.36. The molecule has 3 N–H and O–H groups in total. The molecule has 4 heteroatoms. The van der Waals surface area contributed by atoms with Crippen LogP contribution in [0.1, 0.15) is 32.4 Å². The van der Waals surface area contributed by atoms with E-state index in [-0.39, 0.29) is 25.4 Å². The first kappa shape index (κ1) is 15.0. The first-order valence-electron chi connectivity index (χ1n) is 6.27. The van der Waals surface area contributed by atoms with Crippen molar-refractivity contribution in [3.05, 3.63) is 29.8 Å². The fourth-order valence-corrected chi connectivity index (χ4v) is 1.43. The van der Waals surface area contributed by atoms with Gasteiger partial charge in [-0.1, -0.05) is 12.1 Å². The van der Waals surface area contributed by atoms with Gasteiger partial charge >= 0.3 is 0 Å². The molecule has 1 rings (SSSR count). The van der Waals surface area contributed by atoms with Crippen LogP contribution < -0.4 is 10.5 Å². The van der Waals surface area contributed by atoms with Gasteiger partial charge in [0.15, 0.2) is 0 Å². The molecule has 0 saturated carbocycles. The van der Waals surface area contributed by atoms with Crippen molar-refractivity contribution in [1.29, 1.82) is 0 Å². The predicted molar refractivity (Wildman–Crippen MR) is 71.6 cm³/mol. The monoisotopic (exact) mass is 253 g/mol. The summed E-state index contributed by atoms with van der Waals surface area (Å²) in [5.74, 6) is 0.716. The molecule has 0 fully saturated rings. The highest BCUT2D eigenvalue weighted by Crippen LogP contribution is 2.17. The van der Waals surface area contributed by atoms with Crippen molar-refractivity contribution in [3.63, 3.8) is 0 Å². The highest BCUT2D eigenvalue weighted by molar-refractivity contribution is 5.30. The fraction of sp³-hybridized carbons (Fsp3) is 0.571. The zero-order valence-electron chi connectivity index (χ0n) is 11.3. The largest absolute Gasteiger partial charge is 0.491 e. The lowest BCUT2D eigenvalue weighted by Gasteiger charge is -2.15. The van der Waals surface area contributed by atoms with Gasteiger partial charge in [-0.2, -0.15) is 0 Å². The number of hydrogen-bond donors (Lipinski definition) is 2. The van der Waals surface area contributed by atoms with Gasteiger partial charge in [0.2, 0.25) is 0 Å². The molecular weight excluding hydrogens is 230 g/mol. The molecule has 1 aromatic rings. The summed E-state index contributed by atoms with van der Waals surface area (Å²) in [6.45, 7) is 6.28. The van der Waals surface area contributed by atoms with E-state index in [1.165, 1.54) is 0 Å². The van der Waals surface area contributed by atoms with Crippen molar-refractivity contribution in [2.75, 3.05) is 13.2 Å². The summed E-state index contributed by atoms with van der Waals surface area (Å²) in [4.78, 5) is 0. The van der Waals surface area contributed by atoms with Gasteiger partial charge in [0, 0.05) is 6.04 Å². The lowest BCUT2D eigenvalue weighted by atomic mass is 10.1. The summed E-state index contributed by atoms with van der Waals surface area (Å²) >= 11 is 0. The summed E-state index contributed by atoms with van der Waals surface area (Å²) < 4.78 is 10.8. The molecule has 0 bridgehead atoms. The molecule has 4 nitrogen and oxygen atoms in total. The Morgan fingerprint density at radius 3 is 2.56 bits per heavy atom. The molecule has 18 heavy (non-hydrogen) atoms. The first-order valence-corrected chi connectivity index (χ1v) is 6.27. The van der Waals surface area contributed by atoms with Crippen LogP contribution in [0.15, 0.2) is 24.3 Å². The van der Waals surface area contributed by atoms with Crippen molar-refractivity contribution >= 4 is 0 Å². The lowest BCUT2D eigenvalue weighted by Crippen LogP contribution is -2.25. The van der Waals surface area contributed by atoms with Crippen LogP contribution >= 0.6 is 0 Å². The summed E-state index contributed by atoms with van der Waals surface area (Å²) in [6, 6.07) is 7.56. The van der Waals surface area contributed by atoms with Gasteiger partial charge in [0.1, 0.15) is 18.5 Å². The summed E-state index contributed by atoms with van der Waals surface area (Å²) in [6.07, 6.45) is -0.507. The van der Waals surface area contributed by atoms with Crippen molar-refractivity contribution in [2.24, 2.45) is 5.73 Å². The third kappa shape index (κ3) is 5.49. The van der Waals surface area contributed by atoms with E-state index in [4.69, 9.17) is 15.2 Å². The Balaban J connectivity index is 2.40. The number of ether oxygens (including phenoxy) is 2. The second-order valence-electron chi connectivity index (χ2n) is 4.71. The molecule has 0 aliphatic carbocycles. The summed E-state index contributed by atoms with van der Waals surface area (Å²) in [5.41, 5.74) is 6.81. The quantitative estimate of drug-likeness (QED) is 0.778. The summed E-state index contributed by atoms with van der Waals surface area (Å²) in [5, 5.41) is 9.66. The molecule has 2 atom stereocenters. The van der Waals surface area contributed by atoms with E-state index in [0.717, 1.165) is 5.56 Å². The van der Waals surface area contributed by atoms with Gasteiger partial charge in [-0.25, -0.2) is 0 Å². The Labute approximate surface area is 109 Å². The smallest absolute Gasteiger partial charge is 0.119 e. The molecular formula is C14H23NO3. The highest BCUT2D eigenvalue weighted by Gasteiger charge is 2.07. The zero-order valence-corrected chi connectivity index (χ0v) is 11.3. The number of benzene rings is 1. The zero-order chi connectivity index (χ0) is 13.5. The normalized spacial score (nSPS) is 14.6. The third-order valence-electron chi connectivity index (χ3n) is 2.45. The van der Waals surface area contributed by atoms with E-state index in [1.807, 2.05) is 45.0 Å². The van der Waals surface area contributed by atoms with Crippen molar-refractivity contribution in [2.45, 2.75) is 39.0 Å². The molecule has 0 amide bonds. The minimum atomic E-state index is -0.619. The molecule has 1 unspecified atom stereocenters. The van der Waals surface area contributed by atoms with Crippen molar-refractivity contribution < 1.29 is 14.6 Å². The molecule has 0 aliphatic rings. The minimum Gasteiger partial charge on any atom is -0.491 e. The standard InChI is InChI=1S/C14H23NO3/c1-10(2)17-8-13(16)9-18-14-6-4-5-12(7-14)11(3)15/h4-7,10-11,13,16H,8-9,15H2,1-3H3/t11-,13?/m1/s1. The number of nitrogens with two attached hydrogens (primary N) is 1. The average molecular weight is 253 g/mol. The van der Waals surface area contributed by atoms with E-state index in [2.05, 4.69) is 0 Å². The fourth-order valence-electron chi connectivity index (χ4n) is 1.43. The van der Waals surface area contributed by atoms with Crippen LogP contribution in [0.3, 0.4) is 0 Å². The maximum atomic E-state index is 9.66. The van der Waals surface area contributed by atoms with Crippen LogP contribution in [0.5, 0.6) is 5.75 Å². The Hall–Kier alpha value is -1.10. The van der Waals surface area contributed by atoms with E-state index in [9.17, 15) is 5.11 Å². The lowest BCUT2D eigenvalue weighted by molar-refractivity contribution is -0.0122. The molecule has 0 aliphatic heterocycles. The molecule has 1 aromatic carbocycles. The number of rotatable bonds is 7. The SMILES string of the molecule is CC(C)OCC(O)COc1cccc([C@@H](C)N)c1. The van der Waals surface area contributed by atoms with Gasteiger partial charge in [0.25, 0.3) is 0 Å². The maximum Gasteiger partial charge on any atom is 0.119 e. The van der Waals surface area contributed by atoms with Gasteiger partial charge in [-0.3, -0.25) is 0 Å². The summed E-state index contributed by atoms with van der Waals surface area (Å²) in [7, 11) is 0. The van der Waals surface area contributed by atoms with Gasteiger partial charge in [-0.15, -0.1) is 0 Å². The minimum absolute atomic E-state index is 0.0252. The first-order chi connectivity index (χ1) is 8.49. The van der Waals surface area contributed by atoms with E-state index in [1.54, 1.807) is 0 Å². The number of hydrogen-bond acceptors (Lipinski definition) is 4. The Kier molecular flexibility index (Phi) is 6.12. The Morgan fingerprint density at radius 1 is 1.22 bits per heavy atom. The third-order valence-corrected chi connectivity index (χ3v) is 2.45. The Morgan fingerprint density at radius 2 is 1.94 bits per heavy atom. The predicted octanol–water partition coefficient (Wildman–Crippen LogP) is 1.87. The molecule has 0 saturated heterocycles. The van der Waals surface area contributed by atoms with Gasteiger partial charge in [-0.05, 0) is 38.5 Å². The molecule has 102 valence electrons. The highest BCUT2D eigenvalue weighted by atomic mass is 16.5. The molecule has 0 aromatic heterocycles. The van der Waals surface area contributed by atoms with Crippen LogP contribution in [-0.4, -0.2) is 30.5 Å². The molecule has 0 radical (unpaired) electrons. The van der Waals surface area contributed by atoms with Crippen LogP contribution in [0.2, 0.25) is 0 Å². The topological polar surface area (TPSA) is 64.7 Å². The van der Waals surface area contributed by atoms with E-state index >= 15 is 0 Å². The van der Waals surface area contributed by atoms with Crippen molar-refractivity contribution in [1.82, 2.24) is 0 Å². The Bertz CT molecular complexity index is 353. The van der Waals surface area contributed by atoms with Crippen LogP contribution in [-0.2, 0) is 4.74 Å². The van der Waals surface area contributed by atoms with E-state index < -0.39 is 6.10 Å². The van der Waals surface area contributed by atoms with Crippen LogP contribution in [0, 0.1) is 0 Å². The van der Waals surface area contributed by atoms with E-state index in [0.29, 0.717) is 5.75 Å². The molecule has 0 spiro atoms. The maximum absolute atomic E-state index is 9.66.